The molecule has 0 aliphatic carbocycles. The SMILES string of the molecule is Cc1ccc(Cn2nc(C)c(NC(=O)Nc3cc(Cl)ccc3C)c2C)cc1. The lowest BCUT2D eigenvalue weighted by Crippen LogP contribution is -2.20. The van der Waals surface area contributed by atoms with Crippen LogP contribution in [0.15, 0.2) is 42.5 Å². The van der Waals surface area contributed by atoms with Crippen molar-refractivity contribution in [2.45, 2.75) is 34.2 Å². The number of aromatic nitrogens is 2. The lowest BCUT2D eigenvalue weighted by atomic mass is 10.1. The van der Waals surface area contributed by atoms with Crippen molar-refractivity contribution in [1.82, 2.24) is 9.78 Å². The first-order valence-electron chi connectivity index (χ1n) is 8.77. The molecule has 0 saturated carbocycles. The van der Waals surface area contributed by atoms with Gasteiger partial charge in [-0.3, -0.25) is 4.68 Å². The Hall–Kier alpha value is -2.79. The second-order valence-corrected chi connectivity index (χ2v) is 7.16. The molecule has 0 bridgehead atoms. The van der Waals surface area contributed by atoms with Crippen LogP contribution in [0, 0.1) is 27.7 Å². The third kappa shape index (κ3) is 4.49. The average molecular weight is 383 g/mol. The van der Waals surface area contributed by atoms with E-state index in [1.807, 2.05) is 31.5 Å². The van der Waals surface area contributed by atoms with Gasteiger partial charge in [-0.05, 0) is 51.0 Å². The van der Waals surface area contributed by atoms with Crippen molar-refractivity contribution < 1.29 is 4.79 Å². The first-order valence-corrected chi connectivity index (χ1v) is 9.15. The van der Waals surface area contributed by atoms with Crippen LogP contribution in [0.2, 0.25) is 5.02 Å². The lowest BCUT2D eigenvalue weighted by Gasteiger charge is -2.11. The zero-order valence-corrected chi connectivity index (χ0v) is 16.7. The minimum absolute atomic E-state index is 0.318. The summed E-state index contributed by atoms with van der Waals surface area (Å²) in [5.41, 5.74) is 6.42. The third-order valence-electron chi connectivity index (χ3n) is 4.52. The summed E-state index contributed by atoms with van der Waals surface area (Å²) in [5, 5.41) is 10.9. The predicted octanol–water partition coefficient (Wildman–Crippen LogP) is 5.46. The molecular formula is C21H23ClN4O. The molecular weight excluding hydrogens is 360 g/mol. The fraction of sp³-hybridized carbons (Fsp3) is 0.238. The summed E-state index contributed by atoms with van der Waals surface area (Å²) in [6, 6.07) is 13.4. The number of nitrogens with zero attached hydrogens (tertiary/aromatic N) is 2. The molecule has 3 rings (SSSR count). The highest BCUT2D eigenvalue weighted by Gasteiger charge is 2.15. The number of hydrogen-bond acceptors (Lipinski definition) is 2. The first kappa shape index (κ1) is 19.0. The number of carbonyl (C=O) groups is 1. The Labute approximate surface area is 164 Å². The van der Waals surface area contributed by atoms with Gasteiger partial charge in [0.2, 0.25) is 0 Å². The van der Waals surface area contributed by atoms with Crippen LogP contribution in [-0.4, -0.2) is 15.8 Å². The Balaban J connectivity index is 1.75. The smallest absolute Gasteiger partial charge is 0.307 e. The number of aryl methyl sites for hydroxylation is 3. The number of carbonyl (C=O) groups excluding carboxylic acids is 1. The Morgan fingerprint density at radius 3 is 2.44 bits per heavy atom. The predicted molar refractivity (Wildman–Crippen MR) is 111 cm³/mol. The van der Waals surface area contributed by atoms with Crippen LogP contribution in [0.25, 0.3) is 0 Å². The summed E-state index contributed by atoms with van der Waals surface area (Å²) in [4.78, 5) is 12.5. The van der Waals surface area contributed by atoms with Crippen molar-refractivity contribution in [2.75, 3.05) is 10.6 Å². The summed E-state index contributed by atoms with van der Waals surface area (Å²) in [6.45, 7) is 8.48. The summed E-state index contributed by atoms with van der Waals surface area (Å²) < 4.78 is 1.90. The number of urea groups is 1. The molecule has 1 heterocycles. The highest BCUT2D eigenvalue weighted by Crippen LogP contribution is 2.23. The molecule has 5 nitrogen and oxygen atoms in total. The van der Waals surface area contributed by atoms with Gasteiger partial charge in [0.25, 0.3) is 0 Å². The maximum Gasteiger partial charge on any atom is 0.323 e. The molecule has 0 unspecified atom stereocenters. The molecule has 0 fully saturated rings. The van der Waals surface area contributed by atoms with E-state index < -0.39 is 0 Å². The van der Waals surface area contributed by atoms with Gasteiger partial charge in [0, 0.05) is 10.7 Å². The molecule has 2 aromatic carbocycles. The van der Waals surface area contributed by atoms with E-state index in [-0.39, 0.29) is 6.03 Å². The summed E-state index contributed by atoms with van der Waals surface area (Å²) >= 11 is 6.02. The van der Waals surface area contributed by atoms with E-state index in [2.05, 4.69) is 46.9 Å². The van der Waals surface area contributed by atoms with Gasteiger partial charge in [0.05, 0.1) is 23.6 Å². The Morgan fingerprint density at radius 1 is 1.04 bits per heavy atom. The molecule has 0 aliphatic rings. The number of rotatable bonds is 4. The molecule has 0 atom stereocenters. The van der Waals surface area contributed by atoms with E-state index >= 15 is 0 Å². The van der Waals surface area contributed by atoms with Crippen LogP contribution >= 0.6 is 11.6 Å². The maximum absolute atomic E-state index is 12.5. The molecule has 0 radical (unpaired) electrons. The highest BCUT2D eigenvalue weighted by molar-refractivity contribution is 6.31. The Bertz CT molecular complexity index is 977. The zero-order chi connectivity index (χ0) is 19.6. The van der Waals surface area contributed by atoms with Crippen molar-refractivity contribution in [1.29, 1.82) is 0 Å². The second-order valence-electron chi connectivity index (χ2n) is 6.73. The summed E-state index contributed by atoms with van der Waals surface area (Å²) in [5.74, 6) is 0. The minimum Gasteiger partial charge on any atom is -0.307 e. The van der Waals surface area contributed by atoms with Crippen LogP contribution < -0.4 is 10.6 Å². The molecule has 2 amide bonds. The van der Waals surface area contributed by atoms with E-state index in [0.29, 0.717) is 17.3 Å². The monoisotopic (exact) mass is 382 g/mol. The normalized spacial score (nSPS) is 10.7. The van der Waals surface area contributed by atoms with Crippen LogP contribution in [0.1, 0.15) is 28.1 Å². The molecule has 6 heteroatoms. The van der Waals surface area contributed by atoms with Gasteiger partial charge in [-0.25, -0.2) is 4.79 Å². The van der Waals surface area contributed by atoms with Crippen LogP contribution in [-0.2, 0) is 6.54 Å². The number of halogens is 1. The molecule has 140 valence electrons. The van der Waals surface area contributed by atoms with Crippen LogP contribution in [0.5, 0.6) is 0 Å². The molecule has 1 aromatic heterocycles. The minimum atomic E-state index is -0.318. The van der Waals surface area contributed by atoms with Gasteiger partial charge in [0.15, 0.2) is 0 Å². The lowest BCUT2D eigenvalue weighted by molar-refractivity contribution is 0.262. The molecule has 3 aromatic rings. The number of nitrogens with one attached hydrogen (secondary N) is 2. The number of hydrogen-bond donors (Lipinski definition) is 2. The fourth-order valence-electron chi connectivity index (χ4n) is 2.89. The van der Waals surface area contributed by atoms with Gasteiger partial charge < -0.3 is 10.6 Å². The van der Waals surface area contributed by atoms with Crippen molar-refractivity contribution >= 4 is 29.0 Å². The van der Waals surface area contributed by atoms with Crippen molar-refractivity contribution in [2.24, 2.45) is 0 Å². The largest absolute Gasteiger partial charge is 0.323 e. The first-order chi connectivity index (χ1) is 12.8. The number of anilines is 2. The second kappa shape index (κ2) is 7.84. The topological polar surface area (TPSA) is 59.0 Å². The van der Waals surface area contributed by atoms with Gasteiger partial charge in [0.1, 0.15) is 0 Å². The molecule has 0 aliphatic heterocycles. The zero-order valence-electron chi connectivity index (χ0n) is 15.9. The standard InChI is InChI=1S/C21H23ClN4O/c1-13-5-8-17(9-6-13)12-26-16(4)20(15(3)25-26)24-21(27)23-19-11-18(22)10-7-14(19)2/h5-11H,12H2,1-4H3,(H2,23,24,27). The highest BCUT2D eigenvalue weighted by atomic mass is 35.5. The maximum atomic E-state index is 12.5. The van der Waals surface area contributed by atoms with Crippen molar-refractivity contribution in [3.8, 4) is 0 Å². The van der Waals surface area contributed by atoms with E-state index in [1.165, 1.54) is 5.56 Å². The van der Waals surface area contributed by atoms with Gasteiger partial charge in [-0.1, -0.05) is 47.5 Å². The van der Waals surface area contributed by atoms with E-state index in [4.69, 9.17) is 11.6 Å². The van der Waals surface area contributed by atoms with E-state index in [9.17, 15) is 4.79 Å². The van der Waals surface area contributed by atoms with E-state index in [0.717, 1.165) is 28.2 Å². The molecule has 0 saturated heterocycles. The number of benzene rings is 2. The Kier molecular flexibility index (Phi) is 5.51. The van der Waals surface area contributed by atoms with Gasteiger partial charge in [-0.2, -0.15) is 5.10 Å². The molecule has 0 spiro atoms. The molecule has 27 heavy (non-hydrogen) atoms. The van der Waals surface area contributed by atoms with Crippen molar-refractivity contribution in [3.63, 3.8) is 0 Å². The summed E-state index contributed by atoms with van der Waals surface area (Å²) in [7, 11) is 0. The van der Waals surface area contributed by atoms with Gasteiger partial charge >= 0.3 is 6.03 Å². The fourth-order valence-corrected chi connectivity index (χ4v) is 3.07. The van der Waals surface area contributed by atoms with Crippen LogP contribution in [0.4, 0.5) is 16.2 Å². The quantitative estimate of drug-likeness (QED) is 0.629. The van der Waals surface area contributed by atoms with E-state index in [1.54, 1.807) is 12.1 Å². The van der Waals surface area contributed by atoms with Crippen molar-refractivity contribution in [3.05, 3.63) is 75.6 Å². The summed E-state index contributed by atoms with van der Waals surface area (Å²) in [6.07, 6.45) is 0. The third-order valence-corrected chi connectivity index (χ3v) is 4.76. The Morgan fingerprint density at radius 2 is 1.74 bits per heavy atom. The molecule has 2 N–H and O–H groups in total. The van der Waals surface area contributed by atoms with Gasteiger partial charge in [-0.15, -0.1) is 0 Å². The average Bonchev–Trinajstić information content (AvgIpc) is 2.87. The van der Waals surface area contributed by atoms with Crippen LogP contribution in [0.3, 0.4) is 0 Å². The number of amides is 2.